The fourth-order valence-corrected chi connectivity index (χ4v) is 4.35. The summed E-state index contributed by atoms with van der Waals surface area (Å²) in [7, 11) is 0. The number of carbonyl (C=O) groups is 1. The summed E-state index contributed by atoms with van der Waals surface area (Å²) in [6.07, 6.45) is 6.59. The van der Waals surface area contributed by atoms with Gasteiger partial charge in [0, 0.05) is 37.7 Å². The molecule has 0 unspecified atom stereocenters. The van der Waals surface area contributed by atoms with Crippen LogP contribution in [0.4, 0.5) is 5.69 Å². The molecule has 1 aromatic heterocycles. The van der Waals surface area contributed by atoms with Crippen molar-refractivity contribution in [3.63, 3.8) is 0 Å². The number of hydrogen-bond donors (Lipinski definition) is 1. The second-order valence-corrected chi connectivity index (χ2v) is 8.20. The molecule has 0 saturated heterocycles. The minimum absolute atomic E-state index is 0.119. The van der Waals surface area contributed by atoms with Crippen molar-refractivity contribution in [2.24, 2.45) is 0 Å². The second kappa shape index (κ2) is 7.45. The number of anilines is 1. The van der Waals surface area contributed by atoms with Gasteiger partial charge in [-0.1, -0.05) is 36.4 Å². The molecule has 3 aromatic rings. The molecule has 1 amide bonds. The lowest BCUT2D eigenvalue weighted by molar-refractivity contribution is -0.118. The van der Waals surface area contributed by atoms with E-state index in [0.717, 1.165) is 50.1 Å². The van der Waals surface area contributed by atoms with Gasteiger partial charge < -0.3 is 5.32 Å². The zero-order valence-electron chi connectivity index (χ0n) is 16.5. The first-order valence-electron chi connectivity index (χ1n) is 10.3. The summed E-state index contributed by atoms with van der Waals surface area (Å²) < 4.78 is 0. The van der Waals surface area contributed by atoms with E-state index >= 15 is 0 Å². The first kappa shape index (κ1) is 18.1. The molecule has 4 heteroatoms. The highest BCUT2D eigenvalue weighted by molar-refractivity contribution is 6.01. The van der Waals surface area contributed by atoms with Crippen LogP contribution in [0.5, 0.6) is 0 Å². The van der Waals surface area contributed by atoms with Gasteiger partial charge in [-0.3, -0.25) is 14.7 Å². The monoisotopic (exact) mass is 383 g/mol. The Morgan fingerprint density at radius 3 is 2.55 bits per heavy atom. The van der Waals surface area contributed by atoms with Gasteiger partial charge in [0.05, 0.1) is 5.41 Å². The number of hydrogen-bond acceptors (Lipinski definition) is 3. The molecule has 2 aliphatic rings. The van der Waals surface area contributed by atoms with E-state index in [0.29, 0.717) is 0 Å². The quantitative estimate of drug-likeness (QED) is 0.714. The first-order chi connectivity index (χ1) is 14.2. The van der Waals surface area contributed by atoms with E-state index in [2.05, 4.69) is 57.7 Å². The Bertz CT molecular complexity index is 1010. The number of rotatable bonds is 5. The third-order valence-corrected chi connectivity index (χ3v) is 6.22. The molecule has 0 spiro atoms. The third-order valence-electron chi connectivity index (χ3n) is 6.22. The van der Waals surface area contributed by atoms with Gasteiger partial charge in [0.2, 0.25) is 5.91 Å². The summed E-state index contributed by atoms with van der Waals surface area (Å²) in [6.45, 7) is 2.89. The molecule has 5 rings (SSSR count). The molecule has 4 nitrogen and oxygen atoms in total. The highest BCUT2D eigenvalue weighted by Gasteiger charge is 2.51. The Morgan fingerprint density at radius 2 is 1.79 bits per heavy atom. The van der Waals surface area contributed by atoms with E-state index in [1.165, 1.54) is 16.7 Å². The summed E-state index contributed by atoms with van der Waals surface area (Å²) in [6, 6.07) is 20.7. The standard InChI is InChI=1S/C25H25N3O/c29-24(25(11-12-25)22-4-2-1-3-5-22)27-23-7-6-20-10-15-28(18-21(20)16-23)17-19-8-13-26-14-9-19/h1-9,13-14,16H,10-12,15,17-18H2,(H,27,29). The third kappa shape index (κ3) is 3.68. The average molecular weight is 383 g/mol. The molecule has 2 aromatic carbocycles. The SMILES string of the molecule is O=C(Nc1ccc2c(c1)CN(Cc1ccncc1)CC2)C1(c2ccccc2)CC1. The van der Waals surface area contributed by atoms with Crippen LogP contribution in [-0.4, -0.2) is 22.3 Å². The number of nitrogens with zero attached hydrogens (tertiary/aromatic N) is 2. The van der Waals surface area contributed by atoms with Crippen molar-refractivity contribution in [1.82, 2.24) is 9.88 Å². The highest BCUT2D eigenvalue weighted by Crippen LogP contribution is 2.49. The van der Waals surface area contributed by atoms with E-state index in [1.807, 2.05) is 30.6 Å². The van der Waals surface area contributed by atoms with E-state index in [-0.39, 0.29) is 11.3 Å². The topological polar surface area (TPSA) is 45.2 Å². The Balaban J connectivity index is 1.30. The number of carbonyl (C=O) groups excluding carboxylic acids is 1. The fraction of sp³-hybridized carbons (Fsp3) is 0.280. The van der Waals surface area contributed by atoms with Crippen LogP contribution in [0.25, 0.3) is 0 Å². The van der Waals surface area contributed by atoms with Crippen molar-refractivity contribution in [3.8, 4) is 0 Å². The number of pyridine rings is 1. The zero-order valence-corrected chi connectivity index (χ0v) is 16.5. The van der Waals surface area contributed by atoms with Gasteiger partial charge in [-0.05, 0) is 65.8 Å². The Kier molecular flexibility index (Phi) is 4.64. The molecule has 1 aliphatic carbocycles. The molecule has 1 aliphatic heterocycles. The van der Waals surface area contributed by atoms with Crippen LogP contribution in [0.15, 0.2) is 73.1 Å². The first-order valence-corrected chi connectivity index (χ1v) is 10.3. The molecule has 1 saturated carbocycles. The zero-order chi connectivity index (χ0) is 19.7. The van der Waals surface area contributed by atoms with Crippen LogP contribution in [-0.2, 0) is 29.7 Å². The molecular weight excluding hydrogens is 358 g/mol. The van der Waals surface area contributed by atoms with E-state index in [1.54, 1.807) is 0 Å². The lowest BCUT2D eigenvalue weighted by Crippen LogP contribution is -2.30. The number of aromatic nitrogens is 1. The number of amides is 1. The normalized spacial score (nSPS) is 17.4. The van der Waals surface area contributed by atoms with Crippen molar-refractivity contribution in [2.45, 2.75) is 37.8 Å². The lowest BCUT2D eigenvalue weighted by Gasteiger charge is -2.29. The molecule has 1 fully saturated rings. The van der Waals surface area contributed by atoms with E-state index < -0.39 is 0 Å². The Hall–Kier alpha value is -2.98. The molecule has 0 bridgehead atoms. The summed E-state index contributed by atoms with van der Waals surface area (Å²) in [5, 5.41) is 3.19. The van der Waals surface area contributed by atoms with Crippen LogP contribution >= 0.6 is 0 Å². The summed E-state index contributed by atoms with van der Waals surface area (Å²) in [5.74, 6) is 0.119. The van der Waals surface area contributed by atoms with Gasteiger partial charge in [-0.25, -0.2) is 0 Å². The van der Waals surface area contributed by atoms with Crippen LogP contribution < -0.4 is 5.32 Å². The average Bonchev–Trinajstić information content (AvgIpc) is 3.57. The van der Waals surface area contributed by atoms with Crippen molar-refractivity contribution >= 4 is 11.6 Å². The minimum Gasteiger partial charge on any atom is -0.325 e. The summed E-state index contributed by atoms with van der Waals surface area (Å²) >= 11 is 0. The highest BCUT2D eigenvalue weighted by atomic mass is 16.2. The minimum atomic E-state index is -0.343. The van der Waals surface area contributed by atoms with Crippen molar-refractivity contribution in [2.75, 3.05) is 11.9 Å². The Labute approximate surface area is 171 Å². The Morgan fingerprint density at radius 1 is 1.00 bits per heavy atom. The van der Waals surface area contributed by atoms with Gasteiger partial charge in [-0.15, -0.1) is 0 Å². The smallest absolute Gasteiger partial charge is 0.235 e. The van der Waals surface area contributed by atoms with Gasteiger partial charge in [-0.2, -0.15) is 0 Å². The molecule has 29 heavy (non-hydrogen) atoms. The van der Waals surface area contributed by atoms with Gasteiger partial charge in [0.1, 0.15) is 0 Å². The fourth-order valence-electron chi connectivity index (χ4n) is 4.35. The summed E-state index contributed by atoms with van der Waals surface area (Å²) in [4.78, 5) is 19.6. The van der Waals surface area contributed by atoms with Gasteiger partial charge in [0.15, 0.2) is 0 Å². The van der Waals surface area contributed by atoms with Crippen LogP contribution in [0.2, 0.25) is 0 Å². The van der Waals surface area contributed by atoms with Crippen LogP contribution in [0, 0.1) is 0 Å². The van der Waals surface area contributed by atoms with Crippen LogP contribution in [0.3, 0.4) is 0 Å². The molecule has 1 N–H and O–H groups in total. The van der Waals surface area contributed by atoms with Crippen LogP contribution in [0.1, 0.15) is 35.1 Å². The number of nitrogens with one attached hydrogen (secondary N) is 1. The summed E-state index contributed by atoms with van der Waals surface area (Å²) in [5.41, 5.74) is 5.67. The molecule has 0 radical (unpaired) electrons. The largest absolute Gasteiger partial charge is 0.325 e. The van der Waals surface area contributed by atoms with E-state index in [4.69, 9.17) is 0 Å². The van der Waals surface area contributed by atoms with Crippen molar-refractivity contribution < 1.29 is 4.79 Å². The van der Waals surface area contributed by atoms with Crippen molar-refractivity contribution in [1.29, 1.82) is 0 Å². The molecule has 0 atom stereocenters. The predicted octanol–water partition coefficient (Wildman–Crippen LogP) is 4.31. The molecule has 146 valence electrons. The predicted molar refractivity (Wildman–Crippen MR) is 114 cm³/mol. The maximum absolute atomic E-state index is 13.0. The second-order valence-electron chi connectivity index (χ2n) is 8.20. The molecular formula is C25H25N3O. The van der Waals surface area contributed by atoms with E-state index in [9.17, 15) is 4.79 Å². The number of fused-ring (bicyclic) bond motifs is 1. The van der Waals surface area contributed by atoms with Crippen molar-refractivity contribution in [3.05, 3.63) is 95.3 Å². The maximum Gasteiger partial charge on any atom is 0.235 e. The molecule has 2 heterocycles. The number of benzene rings is 2. The van der Waals surface area contributed by atoms with Gasteiger partial charge >= 0.3 is 0 Å². The maximum atomic E-state index is 13.0. The van der Waals surface area contributed by atoms with Gasteiger partial charge in [0.25, 0.3) is 0 Å². The lowest BCUT2D eigenvalue weighted by atomic mass is 9.94.